The molecule has 1 aromatic carbocycles. The molecule has 0 saturated heterocycles. The first-order valence-corrected chi connectivity index (χ1v) is 6.17. The third kappa shape index (κ3) is 2.67. The third-order valence-electron chi connectivity index (χ3n) is 2.38. The van der Waals surface area contributed by atoms with E-state index >= 15 is 0 Å². The van der Waals surface area contributed by atoms with Crippen molar-refractivity contribution < 1.29 is 14.1 Å². The molecule has 2 rings (SSSR count). The lowest BCUT2D eigenvalue weighted by Crippen LogP contribution is -2.07. The van der Waals surface area contributed by atoms with E-state index in [0.29, 0.717) is 15.6 Å². The Bertz CT molecular complexity index is 625. The SMILES string of the molecule is CCOC(=O)c1c(-c2ccc(Cl)cc2Cl)noc1N. The molecule has 5 nitrogen and oxygen atoms in total. The summed E-state index contributed by atoms with van der Waals surface area (Å²) in [7, 11) is 0. The van der Waals surface area contributed by atoms with E-state index in [4.69, 9.17) is 38.2 Å². The van der Waals surface area contributed by atoms with Gasteiger partial charge in [-0.05, 0) is 25.1 Å². The van der Waals surface area contributed by atoms with Crippen LogP contribution in [0.25, 0.3) is 11.3 Å². The van der Waals surface area contributed by atoms with Crippen molar-refractivity contribution in [3.8, 4) is 11.3 Å². The Labute approximate surface area is 119 Å². The van der Waals surface area contributed by atoms with E-state index < -0.39 is 5.97 Å². The molecule has 19 heavy (non-hydrogen) atoms. The van der Waals surface area contributed by atoms with Crippen molar-refractivity contribution in [2.24, 2.45) is 0 Å². The molecule has 0 aliphatic heterocycles. The third-order valence-corrected chi connectivity index (χ3v) is 2.93. The molecule has 7 heteroatoms. The maximum Gasteiger partial charge on any atom is 0.346 e. The molecule has 0 bridgehead atoms. The van der Waals surface area contributed by atoms with Crippen LogP contribution in [0.15, 0.2) is 22.7 Å². The summed E-state index contributed by atoms with van der Waals surface area (Å²) >= 11 is 11.9. The molecule has 0 spiro atoms. The number of esters is 1. The van der Waals surface area contributed by atoms with Gasteiger partial charge in [-0.3, -0.25) is 0 Å². The molecule has 0 amide bonds. The second-order valence-corrected chi connectivity index (χ2v) is 4.46. The van der Waals surface area contributed by atoms with Crippen LogP contribution in [-0.2, 0) is 4.74 Å². The predicted octanol–water partition coefficient (Wildman–Crippen LogP) is 3.41. The maximum absolute atomic E-state index is 11.8. The Morgan fingerprint density at radius 1 is 1.47 bits per heavy atom. The first kappa shape index (κ1) is 13.7. The van der Waals surface area contributed by atoms with Gasteiger partial charge in [0, 0.05) is 10.6 Å². The number of nitrogens with zero attached hydrogens (tertiary/aromatic N) is 1. The molecule has 0 aliphatic rings. The zero-order valence-electron chi connectivity index (χ0n) is 9.94. The van der Waals surface area contributed by atoms with Crippen molar-refractivity contribution >= 4 is 35.1 Å². The normalized spacial score (nSPS) is 10.5. The van der Waals surface area contributed by atoms with E-state index in [2.05, 4.69) is 5.16 Å². The van der Waals surface area contributed by atoms with E-state index in [-0.39, 0.29) is 23.7 Å². The van der Waals surface area contributed by atoms with Gasteiger partial charge in [0.05, 0.1) is 11.6 Å². The van der Waals surface area contributed by atoms with E-state index in [0.717, 1.165) is 0 Å². The molecule has 0 radical (unpaired) electrons. The highest BCUT2D eigenvalue weighted by Crippen LogP contribution is 2.34. The molecule has 1 heterocycles. The number of nitrogens with two attached hydrogens (primary N) is 1. The number of carbonyl (C=O) groups is 1. The molecule has 2 N–H and O–H groups in total. The van der Waals surface area contributed by atoms with Gasteiger partial charge in [0.2, 0.25) is 5.88 Å². The van der Waals surface area contributed by atoms with Crippen LogP contribution in [0.4, 0.5) is 5.88 Å². The Balaban J connectivity index is 2.54. The summed E-state index contributed by atoms with van der Waals surface area (Å²) in [5, 5.41) is 4.57. The molecule has 100 valence electrons. The number of halogens is 2. The van der Waals surface area contributed by atoms with E-state index in [1.165, 1.54) is 6.07 Å². The highest BCUT2D eigenvalue weighted by atomic mass is 35.5. The second-order valence-electron chi connectivity index (χ2n) is 3.62. The van der Waals surface area contributed by atoms with Gasteiger partial charge in [0.1, 0.15) is 5.69 Å². The summed E-state index contributed by atoms with van der Waals surface area (Å²) in [4.78, 5) is 11.8. The van der Waals surface area contributed by atoms with Crippen molar-refractivity contribution in [2.45, 2.75) is 6.92 Å². The predicted molar refractivity (Wildman–Crippen MR) is 72.3 cm³/mol. The minimum Gasteiger partial charge on any atom is -0.462 e. The van der Waals surface area contributed by atoms with Gasteiger partial charge in [-0.1, -0.05) is 28.4 Å². The molecule has 0 unspecified atom stereocenters. The van der Waals surface area contributed by atoms with Crippen LogP contribution in [0.5, 0.6) is 0 Å². The van der Waals surface area contributed by atoms with Crippen molar-refractivity contribution in [2.75, 3.05) is 12.3 Å². The fraction of sp³-hybridized carbons (Fsp3) is 0.167. The standard InChI is InChI=1S/C12H10Cl2N2O3/c1-2-18-12(17)9-10(16-19-11(9)15)7-4-3-6(13)5-8(7)14/h3-5H,2,15H2,1H3. The van der Waals surface area contributed by atoms with Gasteiger partial charge in [-0.15, -0.1) is 0 Å². The quantitative estimate of drug-likeness (QED) is 0.879. The van der Waals surface area contributed by atoms with Crippen LogP contribution in [0.3, 0.4) is 0 Å². The summed E-state index contributed by atoms with van der Waals surface area (Å²) in [5.74, 6) is -0.721. The number of nitrogen functional groups attached to an aromatic ring is 1. The highest BCUT2D eigenvalue weighted by molar-refractivity contribution is 6.36. The average molecular weight is 301 g/mol. The largest absolute Gasteiger partial charge is 0.462 e. The fourth-order valence-corrected chi connectivity index (χ4v) is 2.07. The Kier molecular flexibility index (Phi) is 3.97. The van der Waals surface area contributed by atoms with Gasteiger partial charge in [-0.2, -0.15) is 0 Å². The van der Waals surface area contributed by atoms with Gasteiger partial charge in [0.15, 0.2) is 5.56 Å². The zero-order valence-corrected chi connectivity index (χ0v) is 11.5. The van der Waals surface area contributed by atoms with Gasteiger partial charge < -0.3 is 15.0 Å². The number of hydrogen-bond donors (Lipinski definition) is 1. The number of aromatic nitrogens is 1. The lowest BCUT2D eigenvalue weighted by Gasteiger charge is -2.04. The average Bonchev–Trinajstić information content (AvgIpc) is 2.71. The van der Waals surface area contributed by atoms with Gasteiger partial charge in [-0.25, -0.2) is 4.79 Å². The fourth-order valence-electron chi connectivity index (χ4n) is 1.57. The van der Waals surface area contributed by atoms with Crippen molar-refractivity contribution in [1.82, 2.24) is 5.16 Å². The summed E-state index contributed by atoms with van der Waals surface area (Å²) in [6, 6.07) is 4.80. The highest BCUT2D eigenvalue weighted by Gasteiger charge is 2.24. The summed E-state index contributed by atoms with van der Waals surface area (Å²) < 4.78 is 9.74. The summed E-state index contributed by atoms with van der Waals surface area (Å²) in [6.07, 6.45) is 0. The summed E-state index contributed by atoms with van der Waals surface area (Å²) in [6.45, 7) is 1.91. The number of anilines is 1. The molecule has 0 atom stereocenters. The molecule has 2 aromatic rings. The minimum absolute atomic E-state index is 0.0612. The van der Waals surface area contributed by atoms with Crippen LogP contribution >= 0.6 is 23.2 Å². The maximum atomic E-state index is 11.8. The molecule has 1 aromatic heterocycles. The minimum atomic E-state index is -0.609. The number of benzene rings is 1. The number of carbonyl (C=O) groups excluding carboxylic acids is 1. The van der Waals surface area contributed by atoms with Gasteiger partial charge >= 0.3 is 5.97 Å². The van der Waals surface area contributed by atoms with Crippen molar-refractivity contribution in [3.63, 3.8) is 0 Å². The first-order chi connectivity index (χ1) is 9.04. The lowest BCUT2D eigenvalue weighted by atomic mass is 10.1. The van der Waals surface area contributed by atoms with Crippen LogP contribution in [0.2, 0.25) is 10.0 Å². The van der Waals surface area contributed by atoms with E-state index in [9.17, 15) is 4.79 Å². The number of ether oxygens (including phenoxy) is 1. The van der Waals surface area contributed by atoms with Crippen molar-refractivity contribution in [3.05, 3.63) is 33.8 Å². The van der Waals surface area contributed by atoms with Crippen molar-refractivity contribution in [1.29, 1.82) is 0 Å². The molecule has 0 fully saturated rings. The molecule has 0 saturated carbocycles. The van der Waals surface area contributed by atoms with Crippen LogP contribution in [0.1, 0.15) is 17.3 Å². The van der Waals surface area contributed by atoms with Crippen LogP contribution in [0, 0.1) is 0 Å². The monoisotopic (exact) mass is 300 g/mol. The number of hydrogen-bond acceptors (Lipinski definition) is 5. The second kappa shape index (κ2) is 5.50. The Morgan fingerprint density at radius 3 is 2.84 bits per heavy atom. The van der Waals surface area contributed by atoms with E-state index in [1.54, 1.807) is 19.1 Å². The summed E-state index contributed by atoms with van der Waals surface area (Å²) in [5.41, 5.74) is 6.38. The number of rotatable bonds is 3. The van der Waals surface area contributed by atoms with Crippen LogP contribution < -0.4 is 5.73 Å². The van der Waals surface area contributed by atoms with Gasteiger partial charge in [0.25, 0.3) is 0 Å². The zero-order chi connectivity index (χ0) is 14.0. The molecular weight excluding hydrogens is 291 g/mol. The topological polar surface area (TPSA) is 78.3 Å². The molecular formula is C12H10Cl2N2O3. The van der Waals surface area contributed by atoms with Crippen LogP contribution in [-0.4, -0.2) is 17.7 Å². The Morgan fingerprint density at radius 2 is 2.21 bits per heavy atom. The molecule has 0 aliphatic carbocycles. The Hall–Kier alpha value is -1.72. The van der Waals surface area contributed by atoms with E-state index in [1.807, 2.05) is 0 Å². The first-order valence-electron chi connectivity index (χ1n) is 5.42. The lowest BCUT2D eigenvalue weighted by molar-refractivity contribution is 0.0528. The smallest absolute Gasteiger partial charge is 0.346 e.